The number of hydrogen-bond donors (Lipinski definition) is 0. The molecule has 0 aromatic heterocycles. The Hall–Kier alpha value is -0.550. The lowest BCUT2D eigenvalue weighted by Crippen LogP contribution is -2.07. The first-order valence-electron chi connectivity index (χ1n) is 2.30. The van der Waals surface area contributed by atoms with Crippen LogP contribution in [0.15, 0.2) is 11.6 Å². The lowest BCUT2D eigenvalue weighted by molar-refractivity contribution is 0.588. The van der Waals surface area contributed by atoms with E-state index in [1.54, 1.807) is 0 Å². The Labute approximate surface area is 44.8 Å². The fraction of sp³-hybridized carbons (Fsp3) is 0.667. The Kier molecular flexibility index (Phi) is 1.79. The van der Waals surface area contributed by atoms with Gasteiger partial charge in [-0.25, -0.2) is 4.99 Å². The predicted molar refractivity (Wildman–Crippen MR) is 32.8 cm³/mol. The van der Waals surface area contributed by atoms with Gasteiger partial charge in [-0.15, -0.1) is 0 Å². The molecule has 0 aromatic rings. The summed E-state index contributed by atoms with van der Waals surface area (Å²) in [6.07, 6.45) is 0. The zero-order valence-corrected chi connectivity index (χ0v) is 5.15. The van der Waals surface area contributed by atoms with Crippen LogP contribution < -0.4 is 0 Å². The van der Waals surface area contributed by atoms with E-state index in [0.717, 1.165) is 0 Å². The summed E-state index contributed by atoms with van der Waals surface area (Å²) in [7, 11) is 0. The highest BCUT2D eigenvalue weighted by atomic mass is 14.8. The maximum atomic E-state index is 3.90. The molecule has 0 spiro atoms. The van der Waals surface area contributed by atoms with Crippen LogP contribution in [0.4, 0.5) is 0 Å². The molecule has 0 bridgehead atoms. The van der Waals surface area contributed by atoms with E-state index in [2.05, 4.69) is 17.4 Å². The number of nitrogens with zero attached hydrogens (tertiary/aromatic N) is 1. The van der Waals surface area contributed by atoms with Crippen molar-refractivity contribution in [3.8, 4) is 0 Å². The van der Waals surface area contributed by atoms with Gasteiger partial charge in [0.25, 0.3) is 0 Å². The van der Waals surface area contributed by atoms with Crippen molar-refractivity contribution in [2.24, 2.45) is 4.99 Å². The molecule has 0 saturated carbocycles. The van der Waals surface area contributed by atoms with Crippen LogP contribution in [0.5, 0.6) is 0 Å². The minimum absolute atomic E-state index is 0.00174. The van der Waals surface area contributed by atoms with Crippen LogP contribution in [-0.2, 0) is 0 Å². The van der Waals surface area contributed by atoms with Crippen LogP contribution in [0.25, 0.3) is 0 Å². The third-order valence-electron chi connectivity index (χ3n) is 0.414. The summed E-state index contributed by atoms with van der Waals surface area (Å²) in [5, 5.41) is 0. The van der Waals surface area contributed by atoms with Crippen LogP contribution >= 0.6 is 0 Å². The molecule has 40 valence electrons. The summed E-state index contributed by atoms with van der Waals surface area (Å²) in [6, 6.07) is 0. The molecule has 0 saturated heterocycles. The summed E-state index contributed by atoms with van der Waals surface area (Å²) in [5.41, 5.74) is 0.00174. The van der Waals surface area contributed by atoms with E-state index >= 15 is 0 Å². The van der Waals surface area contributed by atoms with Crippen molar-refractivity contribution in [2.75, 3.05) is 0 Å². The normalized spacial score (nSPS) is 10.1. The molecule has 0 amide bonds. The molecule has 0 N–H and O–H groups in total. The molecular weight excluding hydrogens is 86.1 g/mol. The summed E-state index contributed by atoms with van der Waals surface area (Å²) in [6.45, 7) is 9.37. The standard InChI is InChI=1S/C6H11N/c1-5-7-6(2,3)4/h1H2,2-4H3. The highest BCUT2D eigenvalue weighted by Gasteiger charge is 2.02. The van der Waals surface area contributed by atoms with Crippen LogP contribution in [-0.4, -0.2) is 11.4 Å². The van der Waals surface area contributed by atoms with Crippen molar-refractivity contribution in [1.29, 1.82) is 0 Å². The second-order valence-corrected chi connectivity index (χ2v) is 2.44. The average Bonchev–Trinajstić information content (AvgIpc) is 1.30. The summed E-state index contributed by atoms with van der Waals surface area (Å²) in [5.74, 6) is 2.48. The molecule has 0 radical (unpaired) electrons. The molecule has 0 heterocycles. The molecule has 0 aromatic carbocycles. The number of rotatable bonds is 0. The smallest absolute Gasteiger partial charge is 0.0617 e. The average molecular weight is 97.2 g/mol. The van der Waals surface area contributed by atoms with Crippen molar-refractivity contribution >= 4 is 5.87 Å². The maximum absolute atomic E-state index is 3.90. The van der Waals surface area contributed by atoms with Crippen molar-refractivity contribution in [3.63, 3.8) is 0 Å². The van der Waals surface area contributed by atoms with E-state index in [4.69, 9.17) is 0 Å². The van der Waals surface area contributed by atoms with E-state index in [9.17, 15) is 0 Å². The maximum Gasteiger partial charge on any atom is 0.0617 e. The topological polar surface area (TPSA) is 12.4 Å². The Morgan fingerprint density at radius 3 is 1.86 bits per heavy atom. The molecule has 7 heavy (non-hydrogen) atoms. The van der Waals surface area contributed by atoms with Gasteiger partial charge in [0.1, 0.15) is 0 Å². The second kappa shape index (κ2) is 1.94. The highest BCUT2D eigenvalue weighted by Crippen LogP contribution is 2.02. The monoisotopic (exact) mass is 97.1 g/mol. The second-order valence-electron chi connectivity index (χ2n) is 2.44. The van der Waals surface area contributed by atoms with Crippen molar-refractivity contribution in [2.45, 2.75) is 26.3 Å². The molecule has 0 atom stereocenters. The molecule has 1 nitrogen and oxygen atoms in total. The van der Waals surface area contributed by atoms with Gasteiger partial charge in [0.05, 0.1) is 5.54 Å². The van der Waals surface area contributed by atoms with E-state index < -0.39 is 0 Å². The van der Waals surface area contributed by atoms with Crippen LogP contribution in [0, 0.1) is 0 Å². The highest BCUT2D eigenvalue weighted by molar-refractivity contribution is 5.47. The van der Waals surface area contributed by atoms with E-state index in [1.807, 2.05) is 20.8 Å². The lowest BCUT2D eigenvalue weighted by atomic mass is 10.1. The number of aliphatic imine (C=N–C) groups is 1. The fourth-order valence-electron chi connectivity index (χ4n) is 0.237. The third kappa shape index (κ3) is 5.45. The van der Waals surface area contributed by atoms with Crippen molar-refractivity contribution < 1.29 is 0 Å². The van der Waals surface area contributed by atoms with Crippen LogP contribution in [0.2, 0.25) is 0 Å². The molecule has 0 unspecified atom stereocenters. The zero-order valence-electron chi connectivity index (χ0n) is 5.15. The summed E-state index contributed by atoms with van der Waals surface area (Å²) in [4.78, 5) is 3.90. The summed E-state index contributed by atoms with van der Waals surface area (Å²) >= 11 is 0. The first-order chi connectivity index (χ1) is 3.06. The molecule has 0 fully saturated rings. The molecule has 0 aliphatic rings. The SMILES string of the molecule is C=C=NC(C)(C)C. The lowest BCUT2D eigenvalue weighted by Gasteiger charge is -2.06. The molecule has 0 aliphatic carbocycles. The first-order valence-corrected chi connectivity index (χ1v) is 2.30. The van der Waals surface area contributed by atoms with Gasteiger partial charge in [0.15, 0.2) is 0 Å². The van der Waals surface area contributed by atoms with Gasteiger partial charge in [-0.2, -0.15) is 0 Å². The largest absolute Gasteiger partial charge is 0.238 e. The number of hydrogen-bond acceptors (Lipinski definition) is 1. The molecule has 0 aliphatic heterocycles. The van der Waals surface area contributed by atoms with Gasteiger partial charge in [0.2, 0.25) is 0 Å². The molecule has 0 rings (SSSR count). The molecule has 1 heteroatoms. The van der Waals surface area contributed by atoms with Crippen molar-refractivity contribution in [3.05, 3.63) is 6.58 Å². The fourth-order valence-corrected chi connectivity index (χ4v) is 0.237. The zero-order chi connectivity index (χ0) is 5.91. The van der Waals surface area contributed by atoms with E-state index in [0.29, 0.717) is 0 Å². The predicted octanol–water partition coefficient (Wildman–Crippen LogP) is 1.64. The van der Waals surface area contributed by atoms with Gasteiger partial charge in [-0.1, -0.05) is 0 Å². The Morgan fingerprint density at radius 1 is 1.43 bits per heavy atom. The van der Waals surface area contributed by atoms with Crippen molar-refractivity contribution in [1.82, 2.24) is 0 Å². The third-order valence-corrected chi connectivity index (χ3v) is 0.414. The van der Waals surface area contributed by atoms with Gasteiger partial charge in [-0.3, -0.25) is 0 Å². The van der Waals surface area contributed by atoms with Crippen LogP contribution in [0.3, 0.4) is 0 Å². The van der Waals surface area contributed by atoms with Gasteiger partial charge >= 0.3 is 0 Å². The first kappa shape index (κ1) is 6.45. The van der Waals surface area contributed by atoms with Crippen LogP contribution in [0.1, 0.15) is 20.8 Å². The minimum Gasteiger partial charge on any atom is -0.238 e. The molecular formula is C6H11N. The summed E-state index contributed by atoms with van der Waals surface area (Å²) < 4.78 is 0. The van der Waals surface area contributed by atoms with Gasteiger partial charge < -0.3 is 0 Å². The quantitative estimate of drug-likeness (QED) is 0.407. The van der Waals surface area contributed by atoms with E-state index in [-0.39, 0.29) is 5.54 Å². The van der Waals surface area contributed by atoms with Gasteiger partial charge in [-0.05, 0) is 33.2 Å². The Balaban J connectivity index is 3.80. The van der Waals surface area contributed by atoms with E-state index in [1.165, 1.54) is 0 Å². The Morgan fingerprint density at radius 2 is 1.86 bits per heavy atom. The Bertz CT molecular complexity index is 91.2. The van der Waals surface area contributed by atoms with Gasteiger partial charge in [0, 0.05) is 0 Å². The minimum atomic E-state index is 0.00174.